The Morgan fingerprint density at radius 3 is 2.62 bits per heavy atom. The van der Waals surface area contributed by atoms with E-state index in [9.17, 15) is 9.59 Å². The number of ether oxygens (including phenoxy) is 2. The van der Waals surface area contributed by atoms with Crippen molar-refractivity contribution in [3.05, 3.63) is 88.0 Å². The molecule has 2 aromatic carbocycles. The largest absolute Gasteiger partial charge is 0.487 e. The lowest BCUT2D eigenvalue weighted by Crippen LogP contribution is -2.30. The Labute approximate surface area is 184 Å². The molecule has 8 nitrogen and oxygen atoms in total. The zero-order chi connectivity index (χ0) is 22.7. The van der Waals surface area contributed by atoms with Crippen LogP contribution in [0.15, 0.2) is 70.0 Å². The highest BCUT2D eigenvalue weighted by molar-refractivity contribution is 5.94. The number of carbonyl (C=O) groups is 1. The van der Waals surface area contributed by atoms with Crippen LogP contribution in [0.3, 0.4) is 0 Å². The molecular weight excluding hydrogens is 410 g/mol. The first-order valence-corrected chi connectivity index (χ1v) is 10.1. The second-order valence-electron chi connectivity index (χ2n) is 7.46. The molecule has 2 heterocycles. The van der Waals surface area contributed by atoms with Gasteiger partial charge in [0.15, 0.2) is 11.8 Å². The zero-order valence-corrected chi connectivity index (χ0v) is 18.0. The monoisotopic (exact) mass is 433 g/mol. The van der Waals surface area contributed by atoms with E-state index in [2.05, 4.69) is 10.3 Å². The normalized spacial score (nSPS) is 11.8. The van der Waals surface area contributed by atoms with Gasteiger partial charge in [-0.2, -0.15) is 0 Å². The first kappa shape index (κ1) is 21.2. The molecule has 0 aliphatic heterocycles. The minimum Gasteiger partial charge on any atom is -0.487 e. The third kappa shape index (κ3) is 4.97. The molecule has 0 fully saturated rings. The number of fused-ring (bicyclic) bond motifs is 1. The highest BCUT2D eigenvalue weighted by atomic mass is 16.5. The summed E-state index contributed by atoms with van der Waals surface area (Å²) < 4.78 is 17.8. The van der Waals surface area contributed by atoms with E-state index in [4.69, 9.17) is 14.0 Å². The van der Waals surface area contributed by atoms with Crippen LogP contribution in [0.2, 0.25) is 0 Å². The van der Waals surface area contributed by atoms with Crippen molar-refractivity contribution >= 4 is 17.2 Å². The molecule has 1 amide bonds. The summed E-state index contributed by atoms with van der Waals surface area (Å²) in [6.45, 7) is 5.54. The smallest absolute Gasteiger partial charge is 0.287 e. The number of nitrogens with zero attached hydrogens (tertiary/aromatic N) is 2. The predicted octanol–water partition coefficient (Wildman–Crippen LogP) is 3.89. The van der Waals surface area contributed by atoms with Gasteiger partial charge in [0, 0.05) is 17.8 Å². The molecule has 4 rings (SSSR count). The van der Waals surface area contributed by atoms with Gasteiger partial charge < -0.3 is 19.3 Å². The minimum absolute atomic E-state index is 0.128. The Balaban J connectivity index is 1.33. The number of amides is 1. The molecular formula is C24H23N3O5. The standard InChI is InChI=1S/C24H23N3O5/c1-15-5-4-6-21(11-15)31-17(3)24(29)26-18-7-9-20(10-8-18)30-14-19-13-23(28)27-22(25-19)12-16(2)32-27/h4-13,17H,14H2,1-3H3,(H,26,29). The Hall–Kier alpha value is -4.07. The molecule has 0 aliphatic carbocycles. The molecule has 1 atom stereocenters. The van der Waals surface area contributed by atoms with Crippen molar-refractivity contribution in [3.63, 3.8) is 0 Å². The van der Waals surface area contributed by atoms with Crippen LogP contribution in [-0.4, -0.2) is 21.6 Å². The lowest BCUT2D eigenvalue weighted by atomic mass is 10.2. The van der Waals surface area contributed by atoms with Gasteiger partial charge in [0.25, 0.3) is 11.5 Å². The molecule has 4 aromatic rings. The number of anilines is 1. The van der Waals surface area contributed by atoms with E-state index in [0.717, 1.165) is 10.1 Å². The van der Waals surface area contributed by atoms with Crippen molar-refractivity contribution in [2.24, 2.45) is 0 Å². The number of hydrogen-bond acceptors (Lipinski definition) is 6. The molecule has 0 saturated carbocycles. The molecule has 8 heteroatoms. The van der Waals surface area contributed by atoms with Gasteiger partial charge >= 0.3 is 0 Å². The van der Waals surface area contributed by atoms with Gasteiger partial charge in [-0.3, -0.25) is 9.59 Å². The van der Waals surface area contributed by atoms with Crippen molar-refractivity contribution in [3.8, 4) is 11.5 Å². The quantitative estimate of drug-likeness (QED) is 0.475. The molecule has 164 valence electrons. The second kappa shape index (κ2) is 8.97. The molecule has 0 aliphatic rings. The summed E-state index contributed by atoms with van der Waals surface area (Å²) in [7, 11) is 0. The molecule has 32 heavy (non-hydrogen) atoms. The van der Waals surface area contributed by atoms with Gasteiger partial charge in [0.2, 0.25) is 0 Å². The van der Waals surface area contributed by atoms with Crippen molar-refractivity contribution in [2.75, 3.05) is 5.32 Å². The summed E-state index contributed by atoms with van der Waals surface area (Å²) >= 11 is 0. The second-order valence-corrected chi connectivity index (χ2v) is 7.46. The van der Waals surface area contributed by atoms with E-state index in [-0.39, 0.29) is 18.1 Å². The van der Waals surface area contributed by atoms with Crippen LogP contribution in [0.4, 0.5) is 5.69 Å². The first-order valence-electron chi connectivity index (χ1n) is 10.1. The van der Waals surface area contributed by atoms with Crippen LogP contribution in [0.5, 0.6) is 11.5 Å². The van der Waals surface area contributed by atoms with Crippen LogP contribution in [0.25, 0.3) is 5.65 Å². The minimum atomic E-state index is -0.653. The third-order valence-corrected chi connectivity index (χ3v) is 4.70. The Bertz CT molecular complexity index is 1310. The number of carbonyl (C=O) groups excluding carboxylic acids is 1. The fraction of sp³-hybridized carbons (Fsp3) is 0.208. The van der Waals surface area contributed by atoms with Crippen LogP contribution < -0.4 is 20.3 Å². The number of aryl methyl sites for hydroxylation is 2. The SMILES string of the molecule is Cc1cccc(OC(C)C(=O)Nc2ccc(OCc3cc(=O)n4oc(C)cc4n3)cc2)c1. The maximum Gasteiger partial charge on any atom is 0.287 e. The molecule has 0 bridgehead atoms. The lowest BCUT2D eigenvalue weighted by Gasteiger charge is -2.15. The molecule has 0 spiro atoms. The van der Waals surface area contributed by atoms with Crippen molar-refractivity contribution in [1.82, 2.24) is 9.56 Å². The van der Waals surface area contributed by atoms with Gasteiger partial charge in [-0.25, -0.2) is 4.98 Å². The molecule has 0 radical (unpaired) electrons. The summed E-state index contributed by atoms with van der Waals surface area (Å²) in [6, 6.07) is 17.5. The lowest BCUT2D eigenvalue weighted by molar-refractivity contribution is -0.122. The summed E-state index contributed by atoms with van der Waals surface area (Å²) in [4.78, 5) is 28.9. The van der Waals surface area contributed by atoms with Gasteiger partial charge in [0.1, 0.15) is 23.9 Å². The van der Waals surface area contributed by atoms with Gasteiger partial charge in [-0.05, 0) is 62.7 Å². The fourth-order valence-corrected chi connectivity index (χ4v) is 3.13. The summed E-state index contributed by atoms with van der Waals surface area (Å²) in [5.41, 5.74) is 2.31. The Morgan fingerprint density at radius 1 is 1.09 bits per heavy atom. The third-order valence-electron chi connectivity index (χ3n) is 4.70. The van der Waals surface area contributed by atoms with E-state index in [0.29, 0.717) is 34.3 Å². The van der Waals surface area contributed by atoms with Crippen LogP contribution >= 0.6 is 0 Å². The number of aromatic nitrogens is 2. The summed E-state index contributed by atoms with van der Waals surface area (Å²) in [5, 5.41) is 2.82. The van der Waals surface area contributed by atoms with E-state index in [1.807, 2.05) is 31.2 Å². The summed E-state index contributed by atoms with van der Waals surface area (Å²) in [6.07, 6.45) is -0.653. The average Bonchev–Trinajstić information content (AvgIpc) is 3.14. The van der Waals surface area contributed by atoms with Crippen molar-refractivity contribution < 1.29 is 18.8 Å². The average molecular weight is 433 g/mol. The van der Waals surface area contributed by atoms with E-state index in [1.54, 1.807) is 44.2 Å². The van der Waals surface area contributed by atoms with Crippen LogP contribution in [-0.2, 0) is 11.4 Å². The number of rotatable bonds is 7. The zero-order valence-electron chi connectivity index (χ0n) is 18.0. The highest BCUT2D eigenvalue weighted by Crippen LogP contribution is 2.18. The highest BCUT2D eigenvalue weighted by Gasteiger charge is 2.15. The van der Waals surface area contributed by atoms with Gasteiger partial charge in [0.05, 0.1) is 5.69 Å². The topological polar surface area (TPSA) is 95.1 Å². The van der Waals surface area contributed by atoms with Crippen molar-refractivity contribution in [1.29, 1.82) is 0 Å². The molecule has 1 unspecified atom stereocenters. The number of benzene rings is 2. The maximum absolute atomic E-state index is 12.4. The van der Waals surface area contributed by atoms with Crippen LogP contribution in [0, 0.1) is 13.8 Å². The van der Waals surface area contributed by atoms with Gasteiger partial charge in [-0.1, -0.05) is 12.1 Å². The van der Waals surface area contributed by atoms with Gasteiger partial charge in [-0.15, -0.1) is 4.57 Å². The molecule has 1 N–H and O–H groups in total. The number of nitrogens with one attached hydrogen (secondary N) is 1. The fourth-order valence-electron chi connectivity index (χ4n) is 3.13. The Morgan fingerprint density at radius 2 is 1.88 bits per heavy atom. The first-order chi connectivity index (χ1) is 15.4. The Kier molecular flexibility index (Phi) is 5.93. The van der Waals surface area contributed by atoms with E-state index >= 15 is 0 Å². The predicted molar refractivity (Wildman–Crippen MR) is 119 cm³/mol. The molecule has 2 aromatic heterocycles. The van der Waals surface area contributed by atoms with E-state index in [1.165, 1.54) is 6.07 Å². The maximum atomic E-state index is 12.4. The number of hydrogen-bond donors (Lipinski definition) is 1. The van der Waals surface area contributed by atoms with Crippen molar-refractivity contribution in [2.45, 2.75) is 33.5 Å². The van der Waals surface area contributed by atoms with Crippen LogP contribution in [0.1, 0.15) is 23.9 Å². The van der Waals surface area contributed by atoms with E-state index < -0.39 is 6.10 Å². The summed E-state index contributed by atoms with van der Waals surface area (Å²) in [5.74, 6) is 1.57. The molecule has 0 saturated heterocycles.